The minimum atomic E-state index is 0.621. The monoisotopic (exact) mass is 386 g/mol. The number of aliphatic imine (C=N–C) groups is 1. The van der Waals surface area contributed by atoms with E-state index in [1.165, 1.54) is 17.0 Å². The Morgan fingerprint density at radius 1 is 1.22 bits per heavy atom. The van der Waals surface area contributed by atoms with Gasteiger partial charge in [-0.1, -0.05) is 23.9 Å². The van der Waals surface area contributed by atoms with Crippen LogP contribution in [0, 0.1) is 13.8 Å². The SMILES string of the molecule is COCCn1c(C)cc(C2=NNC(=NCc3ccc(OC)cc3)SC2)c1C. The van der Waals surface area contributed by atoms with Crippen LogP contribution in [0.2, 0.25) is 0 Å². The first kappa shape index (κ1) is 19.5. The molecule has 0 saturated heterocycles. The standard InChI is InChI=1S/C20H26N4O2S/c1-14-11-18(15(2)24(14)9-10-25-3)19-13-27-20(23-22-19)21-12-16-5-7-17(26-4)8-6-16/h5-8,11H,9-10,12-13H2,1-4H3,(H,21,23). The van der Waals surface area contributed by atoms with Crippen LogP contribution in [0.25, 0.3) is 0 Å². The Morgan fingerprint density at radius 3 is 2.63 bits per heavy atom. The first-order chi connectivity index (χ1) is 13.1. The van der Waals surface area contributed by atoms with Gasteiger partial charge < -0.3 is 14.0 Å². The molecule has 2 heterocycles. The molecule has 1 aliphatic rings. The van der Waals surface area contributed by atoms with E-state index in [1.54, 1.807) is 26.0 Å². The van der Waals surface area contributed by atoms with Gasteiger partial charge in [0.25, 0.3) is 0 Å². The first-order valence-electron chi connectivity index (χ1n) is 8.91. The molecule has 27 heavy (non-hydrogen) atoms. The van der Waals surface area contributed by atoms with Crippen LogP contribution in [0.15, 0.2) is 40.4 Å². The quantitative estimate of drug-likeness (QED) is 0.793. The number of rotatable bonds is 7. The Hall–Kier alpha value is -2.25. The minimum absolute atomic E-state index is 0.621. The summed E-state index contributed by atoms with van der Waals surface area (Å²) in [6.45, 7) is 6.44. The highest BCUT2D eigenvalue weighted by Crippen LogP contribution is 2.21. The third-order valence-corrected chi connectivity index (χ3v) is 5.51. The van der Waals surface area contributed by atoms with Crippen molar-refractivity contribution < 1.29 is 9.47 Å². The normalized spacial score (nSPS) is 15.6. The molecule has 1 aliphatic heterocycles. The third kappa shape index (κ3) is 4.73. The van der Waals surface area contributed by atoms with Gasteiger partial charge in [-0.2, -0.15) is 5.10 Å². The summed E-state index contributed by atoms with van der Waals surface area (Å²) in [5, 5.41) is 5.42. The Labute approximate surface area is 164 Å². The van der Waals surface area contributed by atoms with E-state index in [4.69, 9.17) is 9.47 Å². The minimum Gasteiger partial charge on any atom is -0.497 e. The van der Waals surface area contributed by atoms with E-state index >= 15 is 0 Å². The fourth-order valence-electron chi connectivity index (χ4n) is 3.05. The summed E-state index contributed by atoms with van der Waals surface area (Å²) in [6.07, 6.45) is 0. The number of thioether (sulfide) groups is 1. The molecule has 1 aromatic heterocycles. The van der Waals surface area contributed by atoms with Gasteiger partial charge in [0, 0.05) is 36.4 Å². The van der Waals surface area contributed by atoms with E-state index in [2.05, 4.69) is 40.0 Å². The van der Waals surface area contributed by atoms with Gasteiger partial charge in [0.15, 0.2) is 5.17 Å². The number of methoxy groups -OCH3 is 2. The van der Waals surface area contributed by atoms with Gasteiger partial charge in [-0.05, 0) is 37.6 Å². The van der Waals surface area contributed by atoms with Gasteiger partial charge in [0.1, 0.15) is 5.75 Å². The highest BCUT2D eigenvalue weighted by atomic mass is 32.2. The summed E-state index contributed by atoms with van der Waals surface area (Å²) < 4.78 is 12.7. The Balaban J connectivity index is 1.65. The number of nitrogens with zero attached hydrogens (tertiary/aromatic N) is 3. The van der Waals surface area contributed by atoms with Crippen molar-refractivity contribution in [3.05, 3.63) is 52.8 Å². The van der Waals surface area contributed by atoms with E-state index in [0.29, 0.717) is 13.2 Å². The third-order valence-electron chi connectivity index (χ3n) is 4.60. The van der Waals surface area contributed by atoms with Gasteiger partial charge in [0.05, 0.1) is 26.0 Å². The Bertz CT molecular complexity index is 840. The molecule has 7 heteroatoms. The second kappa shape index (κ2) is 9.10. The number of hydrogen-bond donors (Lipinski definition) is 1. The second-order valence-corrected chi connectivity index (χ2v) is 7.32. The van der Waals surface area contributed by atoms with Crippen LogP contribution in [0.3, 0.4) is 0 Å². The lowest BCUT2D eigenvalue weighted by Gasteiger charge is -2.15. The number of benzene rings is 1. The molecule has 0 bridgehead atoms. The first-order valence-corrected chi connectivity index (χ1v) is 9.89. The van der Waals surface area contributed by atoms with Crippen LogP contribution < -0.4 is 10.2 Å². The highest BCUT2D eigenvalue weighted by molar-refractivity contribution is 8.14. The van der Waals surface area contributed by atoms with Crippen LogP contribution in [0.1, 0.15) is 22.5 Å². The molecule has 0 fully saturated rings. The molecule has 0 amide bonds. The van der Waals surface area contributed by atoms with Gasteiger partial charge >= 0.3 is 0 Å². The molecule has 0 saturated carbocycles. The van der Waals surface area contributed by atoms with Crippen molar-refractivity contribution in [1.82, 2.24) is 9.99 Å². The number of hydrazone groups is 1. The lowest BCUT2D eigenvalue weighted by Crippen LogP contribution is -2.25. The van der Waals surface area contributed by atoms with E-state index < -0.39 is 0 Å². The predicted octanol–water partition coefficient (Wildman–Crippen LogP) is 3.36. The number of nitrogens with one attached hydrogen (secondary N) is 1. The highest BCUT2D eigenvalue weighted by Gasteiger charge is 2.18. The molecule has 144 valence electrons. The van der Waals surface area contributed by atoms with E-state index in [0.717, 1.165) is 34.5 Å². The molecule has 0 radical (unpaired) electrons. The van der Waals surface area contributed by atoms with Crippen molar-refractivity contribution in [1.29, 1.82) is 0 Å². The zero-order valence-corrected chi connectivity index (χ0v) is 17.1. The van der Waals surface area contributed by atoms with Gasteiger partial charge in [-0.3, -0.25) is 10.4 Å². The number of amidine groups is 1. The summed E-state index contributed by atoms with van der Waals surface area (Å²) >= 11 is 1.68. The second-order valence-electron chi connectivity index (χ2n) is 6.36. The van der Waals surface area contributed by atoms with Gasteiger partial charge in [-0.15, -0.1) is 0 Å². The van der Waals surface area contributed by atoms with Crippen LogP contribution >= 0.6 is 11.8 Å². The average Bonchev–Trinajstić information content (AvgIpc) is 2.99. The number of aromatic nitrogens is 1. The molecule has 0 atom stereocenters. The van der Waals surface area contributed by atoms with Crippen molar-refractivity contribution in [2.75, 3.05) is 26.6 Å². The Morgan fingerprint density at radius 2 is 2.00 bits per heavy atom. The largest absolute Gasteiger partial charge is 0.497 e. The van der Waals surface area contributed by atoms with E-state index in [1.807, 2.05) is 24.3 Å². The van der Waals surface area contributed by atoms with Gasteiger partial charge in [0.2, 0.25) is 0 Å². The van der Waals surface area contributed by atoms with Crippen LogP contribution in [0.5, 0.6) is 5.75 Å². The molecule has 3 rings (SSSR count). The lowest BCUT2D eigenvalue weighted by molar-refractivity contribution is 0.186. The zero-order valence-electron chi connectivity index (χ0n) is 16.3. The predicted molar refractivity (Wildman–Crippen MR) is 112 cm³/mol. The van der Waals surface area contributed by atoms with Gasteiger partial charge in [-0.25, -0.2) is 0 Å². The summed E-state index contributed by atoms with van der Waals surface area (Å²) in [5.74, 6) is 1.66. The molecular formula is C20H26N4O2S. The maximum absolute atomic E-state index is 5.21. The molecular weight excluding hydrogens is 360 g/mol. The molecule has 1 N–H and O–H groups in total. The summed E-state index contributed by atoms with van der Waals surface area (Å²) in [4.78, 5) is 4.62. The maximum atomic E-state index is 5.21. The summed E-state index contributed by atoms with van der Waals surface area (Å²) in [6, 6.07) is 10.2. The van der Waals surface area contributed by atoms with Crippen LogP contribution in [-0.2, 0) is 17.8 Å². The number of hydrogen-bond acceptors (Lipinski definition) is 5. The molecule has 0 aliphatic carbocycles. The number of aryl methyl sites for hydroxylation is 1. The van der Waals surface area contributed by atoms with Crippen molar-refractivity contribution in [3.63, 3.8) is 0 Å². The topological polar surface area (TPSA) is 60.1 Å². The van der Waals surface area contributed by atoms with E-state index in [-0.39, 0.29) is 0 Å². The fourth-order valence-corrected chi connectivity index (χ4v) is 3.81. The maximum Gasteiger partial charge on any atom is 0.177 e. The van der Waals surface area contributed by atoms with Crippen LogP contribution in [0.4, 0.5) is 0 Å². The molecule has 0 unspecified atom stereocenters. The van der Waals surface area contributed by atoms with Crippen molar-refractivity contribution in [2.45, 2.75) is 26.9 Å². The molecule has 1 aromatic carbocycles. The van der Waals surface area contributed by atoms with Crippen molar-refractivity contribution >= 4 is 22.6 Å². The number of ether oxygens (including phenoxy) is 2. The van der Waals surface area contributed by atoms with Crippen molar-refractivity contribution in [3.8, 4) is 5.75 Å². The molecule has 2 aromatic rings. The Kier molecular flexibility index (Phi) is 6.58. The summed E-state index contributed by atoms with van der Waals surface area (Å²) in [7, 11) is 3.40. The molecule has 0 spiro atoms. The lowest BCUT2D eigenvalue weighted by atomic mass is 10.1. The smallest absolute Gasteiger partial charge is 0.177 e. The van der Waals surface area contributed by atoms with Crippen molar-refractivity contribution in [2.24, 2.45) is 10.1 Å². The van der Waals surface area contributed by atoms with E-state index in [9.17, 15) is 0 Å². The van der Waals surface area contributed by atoms with Crippen LogP contribution in [-0.4, -0.2) is 42.0 Å². The molecule has 6 nitrogen and oxygen atoms in total. The fraction of sp³-hybridized carbons (Fsp3) is 0.400. The summed E-state index contributed by atoms with van der Waals surface area (Å²) in [5.41, 5.74) is 8.95. The average molecular weight is 387 g/mol. The zero-order chi connectivity index (χ0) is 19.2.